The summed E-state index contributed by atoms with van der Waals surface area (Å²) in [6.07, 6.45) is 0. The van der Waals surface area contributed by atoms with Gasteiger partial charge in [0.25, 0.3) is 5.91 Å². The van der Waals surface area contributed by atoms with Crippen LogP contribution in [-0.2, 0) is 11.3 Å². The van der Waals surface area contributed by atoms with Crippen LogP contribution in [0.4, 0.5) is 11.4 Å². The number of aryl methyl sites for hydroxylation is 1. The van der Waals surface area contributed by atoms with Crippen molar-refractivity contribution >= 4 is 50.7 Å². The van der Waals surface area contributed by atoms with E-state index in [2.05, 4.69) is 36.9 Å². The smallest absolute Gasteiger partial charge is 0.278 e. The number of aromatic nitrogens is 3. The van der Waals surface area contributed by atoms with Gasteiger partial charge in [-0.1, -0.05) is 38.8 Å². The number of hydrogen-bond acceptors (Lipinski definition) is 4. The molecule has 9 heteroatoms. The van der Waals surface area contributed by atoms with Crippen molar-refractivity contribution in [2.24, 2.45) is 0 Å². The van der Waals surface area contributed by atoms with E-state index in [0.29, 0.717) is 22.1 Å². The molecule has 0 atom stereocenters. The molecule has 0 aliphatic heterocycles. The van der Waals surface area contributed by atoms with Crippen LogP contribution in [-0.4, -0.2) is 26.8 Å². The maximum Gasteiger partial charge on any atom is 0.278 e. The Labute approximate surface area is 175 Å². The zero-order valence-corrected chi connectivity index (χ0v) is 17.5. The molecule has 3 rings (SSSR count). The van der Waals surface area contributed by atoms with Crippen molar-refractivity contribution in [3.05, 3.63) is 68.9 Å². The molecule has 28 heavy (non-hydrogen) atoms. The Morgan fingerprint density at radius 1 is 1.11 bits per heavy atom. The highest BCUT2D eigenvalue weighted by molar-refractivity contribution is 9.10. The lowest BCUT2D eigenvalue weighted by Gasteiger charge is -2.07. The van der Waals surface area contributed by atoms with E-state index in [4.69, 9.17) is 11.6 Å². The predicted octanol–water partition coefficient (Wildman–Crippen LogP) is 4.20. The van der Waals surface area contributed by atoms with Crippen molar-refractivity contribution in [2.45, 2.75) is 20.4 Å². The van der Waals surface area contributed by atoms with E-state index in [9.17, 15) is 9.59 Å². The number of anilines is 2. The second kappa shape index (κ2) is 8.53. The molecule has 1 heterocycles. The van der Waals surface area contributed by atoms with Crippen molar-refractivity contribution in [1.82, 2.24) is 15.0 Å². The summed E-state index contributed by atoms with van der Waals surface area (Å²) in [5.41, 5.74) is 2.89. The minimum absolute atomic E-state index is 0.0734. The quantitative estimate of drug-likeness (QED) is 0.595. The molecule has 0 fully saturated rings. The van der Waals surface area contributed by atoms with Gasteiger partial charge in [-0.3, -0.25) is 9.59 Å². The Morgan fingerprint density at radius 3 is 2.57 bits per heavy atom. The molecule has 0 radical (unpaired) electrons. The Hall–Kier alpha value is -2.71. The number of carbonyl (C=O) groups excluding carboxylic acids is 2. The number of hydrogen-bond donors (Lipinski definition) is 2. The first-order chi connectivity index (χ1) is 13.3. The number of nitrogens with zero attached hydrogens (tertiary/aromatic N) is 3. The minimum atomic E-state index is -0.388. The normalized spacial score (nSPS) is 10.6. The van der Waals surface area contributed by atoms with Gasteiger partial charge in [-0.05, 0) is 55.8 Å². The van der Waals surface area contributed by atoms with Crippen LogP contribution < -0.4 is 10.6 Å². The Balaban J connectivity index is 1.68. The van der Waals surface area contributed by atoms with Gasteiger partial charge in [0.15, 0.2) is 5.69 Å². The third-order valence-electron chi connectivity index (χ3n) is 4.02. The van der Waals surface area contributed by atoms with Crippen LogP contribution >= 0.6 is 27.5 Å². The van der Waals surface area contributed by atoms with Gasteiger partial charge >= 0.3 is 0 Å². The first kappa shape index (κ1) is 20.0. The van der Waals surface area contributed by atoms with Crippen LogP contribution in [0.25, 0.3) is 0 Å². The Morgan fingerprint density at radius 2 is 1.86 bits per heavy atom. The summed E-state index contributed by atoms with van der Waals surface area (Å²) in [5, 5.41) is 13.9. The average Bonchev–Trinajstić information content (AvgIpc) is 2.99. The topological polar surface area (TPSA) is 88.9 Å². The van der Waals surface area contributed by atoms with Gasteiger partial charge in [-0.15, -0.1) is 5.10 Å². The standard InChI is InChI=1S/C19H17BrClN5O2/c1-11-8-15(6-7-16(11)20)23-19(28)18-12(2)26(25-24-18)10-17(27)22-14-5-3-4-13(21)9-14/h3-9H,10H2,1-2H3,(H,22,27)(H,23,28). The SMILES string of the molecule is Cc1cc(NC(=O)c2nnn(CC(=O)Nc3cccc(Cl)c3)c2C)ccc1Br. The molecule has 2 amide bonds. The first-order valence-electron chi connectivity index (χ1n) is 8.36. The Kier molecular flexibility index (Phi) is 6.11. The minimum Gasteiger partial charge on any atom is -0.324 e. The van der Waals surface area contributed by atoms with Gasteiger partial charge in [0.05, 0.1) is 5.69 Å². The average molecular weight is 463 g/mol. The molecule has 0 unspecified atom stereocenters. The molecule has 0 bridgehead atoms. The lowest BCUT2D eigenvalue weighted by atomic mass is 10.2. The third-order valence-corrected chi connectivity index (χ3v) is 5.14. The van der Waals surface area contributed by atoms with Crippen LogP contribution in [0.3, 0.4) is 0 Å². The van der Waals surface area contributed by atoms with Gasteiger partial charge in [0, 0.05) is 20.9 Å². The van der Waals surface area contributed by atoms with E-state index < -0.39 is 0 Å². The number of rotatable bonds is 5. The number of nitrogens with one attached hydrogen (secondary N) is 2. The van der Waals surface area contributed by atoms with Crippen LogP contribution in [0.1, 0.15) is 21.7 Å². The fraction of sp³-hybridized carbons (Fsp3) is 0.158. The lowest BCUT2D eigenvalue weighted by molar-refractivity contribution is -0.117. The third kappa shape index (κ3) is 4.76. The highest BCUT2D eigenvalue weighted by Crippen LogP contribution is 2.20. The van der Waals surface area contributed by atoms with E-state index in [1.807, 2.05) is 19.1 Å². The largest absolute Gasteiger partial charge is 0.324 e. The maximum absolute atomic E-state index is 12.5. The first-order valence-corrected chi connectivity index (χ1v) is 9.53. The number of carbonyl (C=O) groups is 2. The molecule has 1 aromatic heterocycles. The summed E-state index contributed by atoms with van der Waals surface area (Å²) in [4.78, 5) is 24.7. The van der Waals surface area contributed by atoms with Crippen molar-refractivity contribution in [3.63, 3.8) is 0 Å². The van der Waals surface area contributed by atoms with Crippen LogP contribution in [0.2, 0.25) is 5.02 Å². The van der Waals surface area contributed by atoms with E-state index >= 15 is 0 Å². The molecular formula is C19H17BrClN5O2. The second-order valence-corrected chi connectivity index (χ2v) is 7.45. The lowest BCUT2D eigenvalue weighted by Crippen LogP contribution is -2.21. The molecule has 144 valence electrons. The van der Waals surface area contributed by atoms with E-state index in [1.165, 1.54) is 4.68 Å². The number of amides is 2. The zero-order chi connectivity index (χ0) is 20.3. The summed E-state index contributed by atoms with van der Waals surface area (Å²) in [6.45, 7) is 3.55. The summed E-state index contributed by atoms with van der Waals surface area (Å²) in [5.74, 6) is -0.688. The second-order valence-electron chi connectivity index (χ2n) is 6.16. The van der Waals surface area contributed by atoms with Crippen LogP contribution in [0.5, 0.6) is 0 Å². The maximum atomic E-state index is 12.5. The molecule has 0 spiro atoms. The molecule has 7 nitrogen and oxygen atoms in total. The molecule has 2 aromatic carbocycles. The van der Waals surface area contributed by atoms with Gasteiger partial charge in [-0.25, -0.2) is 4.68 Å². The number of halogens is 2. The van der Waals surface area contributed by atoms with Crippen LogP contribution in [0.15, 0.2) is 46.9 Å². The van der Waals surface area contributed by atoms with Crippen molar-refractivity contribution < 1.29 is 9.59 Å². The highest BCUT2D eigenvalue weighted by Gasteiger charge is 2.18. The van der Waals surface area contributed by atoms with Crippen molar-refractivity contribution in [2.75, 3.05) is 10.6 Å². The molecule has 0 aliphatic carbocycles. The predicted molar refractivity (Wildman–Crippen MR) is 112 cm³/mol. The summed E-state index contributed by atoms with van der Waals surface area (Å²) in [7, 11) is 0. The molecule has 0 saturated carbocycles. The van der Waals surface area contributed by atoms with E-state index in [1.54, 1.807) is 37.3 Å². The fourth-order valence-corrected chi connectivity index (χ4v) is 2.97. The fourth-order valence-electron chi connectivity index (χ4n) is 2.54. The molecular weight excluding hydrogens is 446 g/mol. The van der Waals surface area contributed by atoms with Gasteiger partial charge in [-0.2, -0.15) is 0 Å². The molecule has 3 aromatic rings. The van der Waals surface area contributed by atoms with E-state index in [-0.39, 0.29) is 24.1 Å². The van der Waals surface area contributed by atoms with E-state index in [0.717, 1.165) is 10.0 Å². The zero-order valence-electron chi connectivity index (χ0n) is 15.2. The van der Waals surface area contributed by atoms with Crippen molar-refractivity contribution in [3.8, 4) is 0 Å². The van der Waals surface area contributed by atoms with Crippen molar-refractivity contribution in [1.29, 1.82) is 0 Å². The summed E-state index contributed by atoms with van der Waals surface area (Å²) < 4.78 is 2.33. The summed E-state index contributed by atoms with van der Waals surface area (Å²) >= 11 is 9.33. The highest BCUT2D eigenvalue weighted by atomic mass is 79.9. The monoisotopic (exact) mass is 461 g/mol. The number of benzene rings is 2. The van der Waals surface area contributed by atoms with Gasteiger partial charge in [0.2, 0.25) is 5.91 Å². The Bertz CT molecular complexity index is 1050. The van der Waals surface area contributed by atoms with Gasteiger partial charge < -0.3 is 10.6 Å². The molecule has 0 saturated heterocycles. The van der Waals surface area contributed by atoms with Gasteiger partial charge in [0.1, 0.15) is 6.54 Å². The van der Waals surface area contributed by atoms with Crippen LogP contribution in [0, 0.1) is 13.8 Å². The molecule has 0 aliphatic rings. The summed E-state index contributed by atoms with van der Waals surface area (Å²) in [6, 6.07) is 12.3. The molecule has 2 N–H and O–H groups in total.